The molecule has 0 bridgehead atoms. The first-order valence-corrected chi connectivity index (χ1v) is 8.15. The van der Waals surface area contributed by atoms with E-state index in [1.807, 2.05) is 11.8 Å². The van der Waals surface area contributed by atoms with E-state index >= 15 is 0 Å². The summed E-state index contributed by atoms with van der Waals surface area (Å²) in [7, 11) is 0. The van der Waals surface area contributed by atoms with E-state index in [4.69, 9.17) is 17.3 Å². The Morgan fingerprint density at radius 3 is 2.95 bits per heavy atom. The molecule has 19 heavy (non-hydrogen) atoms. The lowest BCUT2D eigenvalue weighted by atomic mass is 9.94. The Morgan fingerprint density at radius 1 is 1.47 bits per heavy atom. The topological polar surface area (TPSA) is 55.1 Å². The van der Waals surface area contributed by atoms with Crippen LogP contribution in [-0.4, -0.2) is 23.5 Å². The molecule has 3 N–H and O–H groups in total. The van der Waals surface area contributed by atoms with Gasteiger partial charge in [-0.3, -0.25) is 4.79 Å². The molecule has 1 amide bonds. The molecule has 0 aliphatic heterocycles. The number of carbonyl (C=O) groups excluding carboxylic acids is 1. The average molecular weight is 299 g/mol. The number of anilines is 1. The predicted octanol–water partition coefficient (Wildman–Crippen LogP) is 3.33. The molecule has 0 heterocycles. The Bertz CT molecular complexity index is 467. The zero-order chi connectivity index (χ0) is 13.8. The largest absolute Gasteiger partial charge is 0.399 e. The SMILES string of the molecule is CSC1CCCC(NC(=O)c2ccc(N)cc2Cl)C1. The van der Waals surface area contributed by atoms with Gasteiger partial charge in [-0.05, 0) is 43.7 Å². The fraction of sp³-hybridized carbons (Fsp3) is 0.500. The van der Waals surface area contributed by atoms with Crippen molar-refractivity contribution < 1.29 is 4.79 Å². The zero-order valence-electron chi connectivity index (χ0n) is 11.0. The molecule has 104 valence electrons. The number of benzene rings is 1. The molecule has 3 nitrogen and oxygen atoms in total. The average Bonchev–Trinajstić information content (AvgIpc) is 2.38. The second kappa shape index (κ2) is 6.53. The van der Waals surface area contributed by atoms with Crippen molar-refractivity contribution in [1.82, 2.24) is 5.32 Å². The Morgan fingerprint density at radius 2 is 2.26 bits per heavy atom. The summed E-state index contributed by atoms with van der Waals surface area (Å²) < 4.78 is 0. The van der Waals surface area contributed by atoms with Crippen LogP contribution in [-0.2, 0) is 0 Å². The molecule has 1 aliphatic rings. The van der Waals surface area contributed by atoms with Crippen molar-refractivity contribution in [1.29, 1.82) is 0 Å². The summed E-state index contributed by atoms with van der Waals surface area (Å²) in [5.74, 6) is -0.100. The van der Waals surface area contributed by atoms with E-state index in [9.17, 15) is 4.79 Å². The normalized spacial score (nSPS) is 23.1. The number of hydrogen-bond acceptors (Lipinski definition) is 3. The van der Waals surface area contributed by atoms with Gasteiger partial charge >= 0.3 is 0 Å². The van der Waals surface area contributed by atoms with E-state index in [1.165, 1.54) is 12.8 Å². The van der Waals surface area contributed by atoms with Crippen LogP contribution in [0.1, 0.15) is 36.0 Å². The van der Waals surface area contributed by atoms with Gasteiger partial charge in [-0.1, -0.05) is 18.0 Å². The van der Waals surface area contributed by atoms with Gasteiger partial charge in [0.05, 0.1) is 10.6 Å². The van der Waals surface area contributed by atoms with Crippen molar-refractivity contribution >= 4 is 35.0 Å². The van der Waals surface area contributed by atoms with Crippen LogP contribution in [0.5, 0.6) is 0 Å². The third-order valence-corrected chi connectivity index (χ3v) is 4.94. The van der Waals surface area contributed by atoms with Gasteiger partial charge in [0, 0.05) is 17.0 Å². The monoisotopic (exact) mass is 298 g/mol. The van der Waals surface area contributed by atoms with Gasteiger partial charge in [0.15, 0.2) is 0 Å². The van der Waals surface area contributed by atoms with E-state index < -0.39 is 0 Å². The fourth-order valence-electron chi connectivity index (χ4n) is 2.47. The highest BCUT2D eigenvalue weighted by atomic mass is 35.5. The first kappa shape index (κ1) is 14.5. The van der Waals surface area contributed by atoms with Crippen LogP contribution >= 0.6 is 23.4 Å². The fourth-order valence-corrected chi connectivity index (χ4v) is 3.57. The molecule has 2 atom stereocenters. The van der Waals surface area contributed by atoms with E-state index in [0.29, 0.717) is 21.5 Å². The molecular weight excluding hydrogens is 280 g/mol. The van der Waals surface area contributed by atoms with Gasteiger partial charge in [0.2, 0.25) is 0 Å². The predicted molar refractivity (Wildman–Crippen MR) is 82.9 cm³/mol. The number of halogens is 1. The first-order chi connectivity index (χ1) is 9.10. The number of carbonyl (C=O) groups is 1. The van der Waals surface area contributed by atoms with Crippen LogP contribution in [0.4, 0.5) is 5.69 Å². The Balaban J connectivity index is 2.00. The quantitative estimate of drug-likeness (QED) is 0.842. The van der Waals surface area contributed by atoms with Gasteiger partial charge in [-0.25, -0.2) is 0 Å². The van der Waals surface area contributed by atoms with Gasteiger partial charge < -0.3 is 11.1 Å². The highest BCUT2D eigenvalue weighted by Crippen LogP contribution is 2.27. The number of hydrogen-bond donors (Lipinski definition) is 2. The maximum absolute atomic E-state index is 12.2. The Hall–Kier alpha value is -0.870. The third-order valence-electron chi connectivity index (χ3n) is 3.53. The number of nitrogens with one attached hydrogen (secondary N) is 1. The molecular formula is C14H19ClN2OS. The zero-order valence-corrected chi connectivity index (χ0v) is 12.6. The summed E-state index contributed by atoms with van der Waals surface area (Å²) in [4.78, 5) is 12.2. The van der Waals surface area contributed by atoms with Crippen LogP contribution < -0.4 is 11.1 Å². The smallest absolute Gasteiger partial charge is 0.253 e. The Labute approximate surface area is 123 Å². The van der Waals surface area contributed by atoms with Gasteiger partial charge in [0.25, 0.3) is 5.91 Å². The molecule has 0 saturated heterocycles. The molecule has 0 radical (unpaired) electrons. The summed E-state index contributed by atoms with van der Waals surface area (Å²) in [6.07, 6.45) is 6.64. The first-order valence-electron chi connectivity index (χ1n) is 6.49. The third kappa shape index (κ3) is 3.80. The standard InChI is InChI=1S/C14H19ClN2OS/c1-19-11-4-2-3-10(8-11)17-14(18)12-6-5-9(16)7-13(12)15/h5-7,10-11H,2-4,8,16H2,1H3,(H,17,18). The maximum Gasteiger partial charge on any atom is 0.253 e. The van der Waals surface area contributed by atoms with Crippen molar-refractivity contribution in [2.45, 2.75) is 37.0 Å². The molecule has 0 spiro atoms. The molecule has 1 aromatic carbocycles. The lowest BCUT2D eigenvalue weighted by Gasteiger charge is -2.28. The molecule has 5 heteroatoms. The van der Waals surface area contributed by atoms with Crippen molar-refractivity contribution in [2.75, 3.05) is 12.0 Å². The highest BCUT2D eigenvalue weighted by Gasteiger charge is 2.23. The summed E-state index contributed by atoms with van der Waals surface area (Å²) in [6.45, 7) is 0. The lowest BCUT2D eigenvalue weighted by molar-refractivity contribution is 0.0928. The molecule has 1 aliphatic carbocycles. The van der Waals surface area contributed by atoms with Crippen LogP contribution in [0.25, 0.3) is 0 Å². The molecule has 0 aromatic heterocycles. The van der Waals surface area contributed by atoms with Crippen molar-refractivity contribution in [3.8, 4) is 0 Å². The molecule has 2 unspecified atom stereocenters. The summed E-state index contributed by atoms with van der Waals surface area (Å²) >= 11 is 7.94. The van der Waals surface area contributed by atoms with Crippen molar-refractivity contribution in [2.24, 2.45) is 0 Å². The summed E-state index contributed by atoms with van der Waals surface area (Å²) in [5.41, 5.74) is 6.70. The number of amides is 1. The molecule has 2 rings (SSSR count). The minimum absolute atomic E-state index is 0.100. The maximum atomic E-state index is 12.2. The molecule has 1 fully saturated rings. The van der Waals surface area contributed by atoms with E-state index in [-0.39, 0.29) is 11.9 Å². The summed E-state index contributed by atoms with van der Waals surface area (Å²) in [5, 5.41) is 4.15. The minimum atomic E-state index is -0.100. The van der Waals surface area contributed by atoms with Gasteiger partial charge in [-0.15, -0.1) is 0 Å². The molecule has 1 aromatic rings. The van der Waals surface area contributed by atoms with E-state index in [1.54, 1.807) is 18.2 Å². The van der Waals surface area contributed by atoms with Crippen LogP contribution in [0.2, 0.25) is 5.02 Å². The van der Waals surface area contributed by atoms with Crippen molar-refractivity contribution in [3.05, 3.63) is 28.8 Å². The molecule has 1 saturated carbocycles. The van der Waals surface area contributed by atoms with Crippen molar-refractivity contribution in [3.63, 3.8) is 0 Å². The number of nitrogen functional groups attached to an aromatic ring is 1. The van der Waals surface area contributed by atoms with E-state index in [2.05, 4.69) is 11.6 Å². The lowest BCUT2D eigenvalue weighted by Crippen LogP contribution is -2.39. The second-order valence-electron chi connectivity index (χ2n) is 4.93. The van der Waals surface area contributed by atoms with Crippen LogP contribution in [0.3, 0.4) is 0 Å². The van der Waals surface area contributed by atoms with Gasteiger partial charge in [-0.2, -0.15) is 11.8 Å². The van der Waals surface area contributed by atoms with Gasteiger partial charge in [0.1, 0.15) is 0 Å². The number of nitrogens with two attached hydrogens (primary N) is 1. The Kier molecular flexibility index (Phi) is 4.99. The second-order valence-corrected chi connectivity index (χ2v) is 6.48. The number of rotatable bonds is 3. The summed E-state index contributed by atoms with van der Waals surface area (Å²) in [6, 6.07) is 5.25. The highest BCUT2D eigenvalue weighted by molar-refractivity contribution is 7.99. The van der Waals surface area contributed by atoms with E-state index in [0.717, 1.165) is 12.8 Å². The van der Waals surface area contributed by atoms with Crippen LogP contribution in [0.15, 0.2) is 18.2 Å². The van der Waals surface area contributed by atoms with Crippen LogP contribution in [0, 0.1) is 0 Å². The number of thioether (sulfide) groups is 1. The minimum Gasteiger partial charge on any atom is -0.399 e.